The molecule has 0 saturated heterocycles. The third-order valence-corrected chi connectivity index (χ3v) is 3.48. The molecule has 0 atom stereocenters. The van der Waals surface area contributed by atoms with E-state index in [1.807, 2.05) is 0 Å². The van der Waals surface area contributed by atoms with Crippen LogP contribution in [-0.4, -0.2) is 42.1 Å². The van der Waals surface area contributed by atoms with E-state index >= 15 is 0 Å². The number of carbonyl (C=O) groups is 3. The highest BCUT2D eigenvalue weighted by Gasteiger charge is 2.41. The Bertz CT molecular complexity index is 643. The van der Waals surface area contributed by atoms with Gasteiger partial charge in [0.2, 0.25) is 5.91 Å². The summed E-state index contributed by atoms with van der Waals surface area (Å²) in [5, 5.41) is 0. The van der Waals surface area contributed by atoms with Gasteiger partial charge in [0.05, 0.1) is 11.3 Å². The number of hydrogen-bond donors (Lipinski definition) is 0. The van der Waals surface area contributed by atoms with Crippen LogP contribution in [0.4, 0.5) is 14.5 Å². The number of ketones is 1. The molecule has 0 spiro atoms. The Morgan fingerprint density at radius 3 is 2.38 bits per heavy atom. The fraction of sp³-hybridized carbons (Fsp3) is 0.357. The van der Waals surface area contributed by atoms with Crippen LogP contribution in [0, 0.1) is 11.6 Å². The van der Waals surface area contributed by atoms with Gasteiger partial charge in [0.1, 0.15) is 18.2 Å². The lowest BCUT2D eigenvalue weighted by Gasteiger charge is -2.24. The van der Waals surface area contributed by atoms with Gasteiger partial charge in [-0.25, -0.2) is 8.78 Å². The molecule has 1 aromatic carbocycles. The average Bonchev–Trinajstić information content (AvgIpc) is 2.68. The van der Waals surface area contributed by atoms with Crippen LogP contribution >= 0.6 is 0 Å². The van der Waals surface area contributed by atoms with E-state index in [9.17, 15) is 23.2 Å². The summed E-state index contributed by atoms with van der Waals surface area (Å²) in [5.74, 6) is -4.59. The van der Waals surface area contributed by atoms with E-state index in [2.05, 4.69) is 0 Å². The van der Waals surface area contributed by atoms with Crippen LogP contribution in [0.5, 0.6) is 0 Å². The highest BCUT2D eigenvalue weighted by atomic mass is 19.1. The zero-order chi connectivity index (χ0) is 15.9. The molecule has 7 heteroatoms. The maximum absolute atomic E-state index is 13.8. The molecule has 2 amide bonds. The summed E-state index contributed by atoms with van der Waals surface area (Å²) in [4.78, 5) is 37.7. The Hall–Kier alpha value is -2.31. The Morgan fingerprint density at radius 2 is 1.81 bits per heavy atom. The molecule has 1 heterocycles. The molecule has 0 saturated carbocycles. The summed E-state index contributed by atoms with van der Waals surface area (Å²) < 4.78 is 27.5. The second-order valence-electron chi connectivity index (χ2n) is 5.07. The standard InChI is InChI=1S/C14H14F2N2O3/c1-7(2)17(3)10(19)6-18-12-9(16)5-4-8(15)11(12)13(20)14(18)21/h4-5,7H,6H2,1-3H3. The van der Waals surface area contributed by atoms with E-state index in [4.69, 9.17) is 0 Å². The average molecular weight is 296 g/mol. The van der Waals surface area contributed by atoms with E-state index in [1.54, 1.807) is 13.8 Å². The van der Waals surface area contributed by atoms with Crippen molar-refractivity contribution in [1.29, 1.82) is 0 Å². The Balaban J connectivity index is 2.40. The van der Waals surface area contributed by atoms with Crippen LogP contribution in [-0.2, 0) is 9.59 Å². The van der Waals surface area contributed by atoms with Gasteiger partial charge >= 0.3 is 0 Å². The third kappa shape index (κ3) is 2.39. The van der Waals surface area contributed by atoms with E-state index in [0.29, 0.717) is 4.90 Å². The minimum Gasteiger partial charge on any atom is -0.342 e. The van der Waals surface area contributed by atoms with Crippen molar-refractivity contribution in [3.05, 3.63) is 29.3 Å². The molecule has 1 aromatic rings. The van der Waals surface area contributed by atoms with Gasteiger partial charge in [-0.1, -0.05) is 0 Å². The molecule has 1 aliphatic heterocycles. The number of rotatable bonds is 3. The number of anilines is 1. The lowest BCUT2D eigenvalue weighted by Crippen LogP contribution is -2.43. The topological polar surface area (TPSA) is 57.7 Å². The van der Waals surface area contributed by atoms with Crippen LogP contribution in [0.15, 0.2) is 12.1 Å². The van der Waals surface area contributed by atoms with Gasteiger partial charge in [-0.2, -0.15) is 0 Å². The molecule has 0 bridgehead atoms. The quantitative estimate of drug-likeness (QED) is 0.791. The first-order valence-corrected chi connectivity index (χ1v) is 6.35. The summed E-state index contributed by atoms with van der Waals surface area (Å²) in [7, 11) is 1.53. The predicted molar refractivity (Wildman–Crippen MR) is 70.9 cm³/mol. The molecule has 0 aliphatic carbocycles. The second kappa shape index (κ2) is 5.23. The lowest BCUT2D eigenvalue weighted by atomic mass is 10.1. The normalized spacial score (nSPS) is 13.9. The molecule has 0 aromatic heterocycles. The molecule has 21 heavy (non-hydrogen) atoms. The van der Waals surface area contributed by atoms with Crippen LogP contribution in [0.3, 0.4) is 0 Å². The third-order valence-electron chi connectivity index (χ3n) is 3.48. The van der Waals surface area contributed by atoms with E-state index in [-0.39, 0.29) is 6.04 Å². The number of amides is 2. The van der Waals surface area contributed by atoms with Gasteiger partial charge < -0.3 is 4.90 Å². The number of Topliss-reactive ketones (excluding diaryl/α,β-unsaturated/α-hetero) is 1. The summed E-state index contributed by atoms with van der Waals surface area (Å²) in [6.45, 7) is 3.03. The van der Waals surface area contributed by atoms with Crippen molar-refractivity contribution in [3.8, 4) is 0 Å². The molecule has 112 valence electrons. The van der Waals surface area contributed by atoms with Crippen LogP contribution < -0.4 is 4.90 Å². The van der Waals surface area contributed by atoms with Gasteiger partial charge in [-0.15, -0.1) is 0 Å². The zero-order valence-corrected chi connectivity index (χ0v) is 11.8. The molecule has 0 fully saturated rings. The van der Waals surface area contributed by atoms with Gasteiger partial charge in [0.25, 0.3) is 11.7 Å². The van der Waals surface area contributed by atoms with Crippen molar-refractivity contribution in [3.63, 3.8) is 0 Å². The lowest BCUT2D eigenvalue weighted by molar-refractivity contribution is -0.131. The maximum Gasteiger partial charge on any atom is 0.300 e. The smallest absolute Gasteiger partial charge is 0.300 e. The molecule has 0 radical (unpaired) electrons. The Kier molecular flexibility index (Phi) is 3.76. The molecule has 0 N–H and O–H groups in total. The Labute approximate surface area is 120 Å². The number of likely N-dealkylation sites (N-methyl/N-ethyl adjacent to an activating group) is 1. The molecular weight excluding hydrogens is 282 g/mol. The van der Waals surface area contributed by atoms with Crippen molar-refractivity contribution in [2.75, 3.05) is 18.5 Å². The number of nitrogens with zero attached hydrogens (tertiary/aromatic N) is 2. The highest BCUT2D eigenvalue weighted by Crippen LogP contribution is 2.33. The fourth-order valence-corrected chi connectivity index (χ4v) is 2.04. The van der Waals surface area contributed by atoms with E-state index in [1.165, 1.54) is 11.9 Å². The number of halogens is 2. The van der Waals surface area contributed by atoms with Gasteiger partial charge in [0, 0.05) is 13.1 Å². The first-order chi connectivity index (χ1) is 9.75. The predicted octanol–water partition coefficient (Wildman–Crippen LogP) is 1.36. The largest absolute Gasteiger partial charge is 0.342 e. The summed E-state index contributed by atoms with van der Waals surface area (Å²) in [6.07, 6.45) is 0. The molecule has 5 nitrogen and oxygen atoms in total. The summed E-state index contributed by atoms with van der Waals surface area (Å²) in [6, 6.07) is 1.48. The minimum absolute atomic E-state index is 0.122. The SMILES string of the molecule is CC(C)N(C)C(=O)CN1C(=O)C(=O)c2c(F)ccc(F)c21. The highest BCUT2D eigenvalue weighted by molar-refractivity contribution is 6.52. The van der Waals surface area contributed by atoms with Gasteiger partial charge in [-0.05, 0) is 26.0 Å². The molecule has 0 unspecified atom stereocenters. The number of carbonyl (C=O) groups excluding carboxylic acids is 3. The maximum atomic E-state index is 13.8. The summed E-state index contributed by atoms with van der Waals surface area (Å²) >= 11 is 0. The minimum atomic E-state index is -1.14. The van der Waals surface area contributed by atoms with Crippen LogP contribution in [0.2, 0.25) is 0 Å². The van der Waals surface area contributed by atoms with Crippen molar-refractivity contribution in [2.45, 2.75) is 19.9 Å². The second-order valence-corrected chi connectivity index (χ2v) is 5.07. The van der Waals surface area contributed by atoms with Gasteiger partial charge in [0.15, 0.2) is 0 Å². The number of fused-ring (bicyclic) bond motifs is 1. The molecule has 2 rings (SSSR count). The van der Waals surface area contributed by atoms with E-state index < -0.39 is 47.0 Å². The first kappa shape index (κ1) is 15.1. The summed E-state index contributed by atoms with van der Waals surface area (Å²) in [5.41, 5.74) is -1.07. The number of benzene rings is 1. The Morgan fingerprint density at radius 1 is 1.24 bits per heavy atom. The first-order valence-electron chi connectivity index (χ1n) is 6.35. The van der Waals surface area contributed by atoms with Gasteiger partial charge in [-0.3, -0.25) is 19.3 Å². The number of hydrogen-bond acceptors (Lipinski definition) is 3. The molecule has 1 aliphatic rings. The van der Waals surface area contributed by atoms with Crippen molar-refractivity contribution < 1.29 is 23.2 Å². The zero-order valence-electron chi connectivity index (χ0n) is 11.8. The fourth-order valence-electron chi connectivity index (χ4n) is 2.04. The van der Waals surface area contributed by atoms with Crippen molar-refractivity contribution in [1.82, 2.24) is 4.90 Å². The molecular formula is C14H14F2N2O3. The van der Waals surface area contributed by atoms with E-state index in [0.717, 1.165) is 12.1 Å². The van der Waals surface area contributed by atoms with Crippen molar-refractivity contribution >= 4 is 23.3 Å². The van der Waals surface area contributed by atoms with Crippen LogP contribution in [0.25, 0.3) is 0 Å². The monoisotopic (exact) mass is 296 g/mol. The van der Waals surface area contributed by atoms with Crippen LogP contribution in [0.1, 0.15) is 24.2 Å². The van der Waals surface area contributed by atoms with Crippen molar-refractivity contribution in [2.24, 2.45) is 0 Å².